The molecule has 5 heteroatoms. The van der Waals surface area contributed by atoms with Crippen LogP contribution in [0.4, 0.5) is 5.69 Å². The normalized spacial score (nSPS) is 21.5. The van der Waals surface area contributed by atoms with Crippen LogP contribution in [0, 0.1) is 0 Å². The number of morpholine rings is 1. The molecule has 0 bridgehead atoms. The van der Waals surface area contributed by atoms with E-state index in [2.05, 4.69) is 11.0 Å². The van der Waals surface area contributed by atoms with E-state index in [0.717, 1.165) is 30.8 Å². The van der Waals surface area contributed by atoms with Crippen LogP contribution in [0.2, 0.25) is 0 Å². The fourth-order valence-electron chi connectivity index (χ4n) is 3.33. The first-order valence-corrected chi connectivity index (χ1v) is 7.99. The summed E-state index contributed by atoms with van der Waals surface area (Å²) in [5.74, 6) is 1.04. The SMILES string of the molecule is COc1cccc2c1N(CC(=O)N1CCO[C@@H](C)C1)CCC2. The highest BCUT2D eigenvalue weighted by Gasteiger charge is 2.26. The molecular weight excluding hydrogens is 280 g/mol. The summed E-state index contributed by atoms with van der Waals surface area (Å²) in [6.07, 6.45) is 2.25. The van der Waals surface area contributed by atoms with Crippen molar-refractivity contribution in [1.82, 2.24) is 4.90 Å². The van der Waals surface area contributed by atoms with Crippen molar-refractivity contribution in [2.24, 2.45) is 0 Å². The Kier molecular flexibility index (Phi) is 4.52. The predicted octanol–water partition coefficient (Wildman–Crippen LogP) is 1.70. The van der Waals surface area contributed by atoms with Gasteiger partial charge in [-0.25, -0.2) is 0 Å². The standard InChI is InChI=1S/C17H24N2O3/c1-13-11-18(9-10-22-13)16(20)12-19-8-4-6-14-5-3-7-15(21-2)17(14)19/h3,5,7,13H,4,6,8-12H2,1-2H3/t13-/m0/s1. The number of aryl methyl sites for hydroxylation is 1. The second-order valence-corrected chi connectivity index (χ2v) is 6.01. The Bertz CT molecular complexity index is 532. The third-order valence-corrected chi connectivity index (χ3v) is 4.41. The number of para-hydroxylation sites is 1. The minimum atomic E-state index is 0.126. The third kappa shape index (κ3) is 3.04. The van der Waals surface area contributed by atoms with Crippen molar-refractivity contribution >= 4 is 11.6 Å². The average Bonchev–Trinajstić information content (AvgIpc) is 2.54. The number of methoxy groups -OCH3 is 1. The smallest absolute Gasteiger partial charge is 0.242 e. The Morgan fingerprint density at radius 2 is 2.27 bits per heavy atom. The van der Waals surface area contributed by atoms with E-state index in [1.807, 2.05) is 24.0 Å². The Labute approximate surface area is 131 Å². The van der Waals surface area contributed by atoms with Crippen LogP contribution in [-0.4, -0.2) is 56.8 Å². The fourth-order valence-corrected chi connectivity index (χ4v) is 3.33. The van der Waals surface area contributed by atoms with Crippen molar-refractivity contribution in [2.75, 3.05) is 44.8 Å². The highest BCUT2D eigenvalue weighted by atomic mass is 16.5. The van der Waals surface area contributed by atoms with Gasteiger partial charge < -0.3 is 19.3 Å². The molecule has 0 aromatic heterocycles. The Morgan fingerprint density at radius 3 is 3.05 bits per heavy atom. The molecule has 1 amide bonds. The molecule has 1 saturated heterocycles. The zero-order valence-corrected chi connectivity index (χ0v) is 13.4. The van der Waals surface area contributed by atoms with Gasteiger partial charge in [-0.05, 0) is 31.4 Å². The first-order valence-electron chi connectivity index (χ1n) is 7.99. The lowest BCUT2D eigenvalue weighted by molar-refractivity contribution is -0.136. The summed E-state index contributed by atoms with van der Waals surface area (Å²) in [6, 6.07) is 6.12. The quantitative estimate of drug-likeness (QED) is 0.852. The number of fused-ring (bicyclic) bond motifs is 1. The molecule has 0 saturated carbocycles. The molecule has 22 heavy (non-hydrogen) atoms. The summed E-state index contributed by atoms with van der Waals surface area (Å²) >= 11 is 0. The second kappa shape index (κ2) is 6.57. The lowest BCUT2D eigenvalue weighted by atomic mass is 10.0. The van der Waals surface area contributed by atoms with Crippen molar-refractivity contribution in [1.29, 1.82) is 0 Å². The molecule has 3 rings (SSSR count). The summed E-state index contributed by atoms with van der Waals surface area (Å²) in [5.41, 5.74) is 2.36. The van der Waals surface area contributed by atoms with Crippen molar-refractivity contribution in [3.63, 3.8) is 0 Å². The Balaban J connectivity index is 1.75. The van der Waals surface area contributed by atoms with Crippen LogP contribution in [0.15, 0.2) is 18.2 Å². The van der Waals surface area contributed by atoms with Gasteiger partial charge in [0.15, 0.2) is 0 Å². The first-order chi connectivity index (χ1) is 10.7. The maximum absolute atomic E-state index is 12.6. The molecule has 120 valence electrons. The van der Waals surface area contributed by atoms with Gasteiger partial charge in [0.1, 0.15) is 5.75 Å². The zero-order chi connectivity index (χ0) is 15.5. The van der Waals surface area contributed by atoms with Crippen LogP contribution in [0.25, 0.3) is 0 Å². The predicted molar refractivity (Wildman–Crippen MR) is 85.5 cm³/mol. The Morgan fingerprint density at radius 1 is 1.41 bits per heavy atom. The lowest BCUT2D eigenvalue weighted by Crippen LogP contribution is -2.49. The van der Waals surface area contributed by atoms with Crippen molar-refractivity contribution < 1.29 is 14.3 Å². The molecule has 1 fully saturated rings. The maximum Gasteiger partial charge on any atom is 0.242 e. The average molecular weight is 304 g/mol. The van der Waals surface area contributed by atoms with Gasteiger partial charge in [-0.15, -0.1) is 0 Å². The van der Waals surface area contributed by atoms with Crippen LogP contribution in [0.1, 0.15) is 18.9 Å². The van der Waals surface area contributed by atoms with Gasteiger partial charge in [-0.3, -0.25) is 4.79 Å². The van der Waals surface area contributed by atoms with Gasteiger partial charge in [0, 0.05) is 19.6 Å². The van der Waals surface area contributed by atoms with Gasteiger partial charge in [-0.2, -0.15) is 0 Å². The van der Waals surface area contributed by atoms with Crippen LogP contribution < -0.4 is 9.64 Å². The number of benzene rings is 1. The number of carbonyl (C=O) groups is 1. The minimum Gasteiger partial charge on any atom is -0.495 e. The topological polar surface area (TPSA) is 42.0 Å². The van der Waals surface area contributed by atoms with Crippen LogP contribution >= 0.6 is 0 Å². The number of carbonyl (C=O) groups excluding carboxylic acids is 1. The monoisotopic (exact) mass is 304 g/mol. The van der Waals surface area contributed by atoms with E-state index >= 15 is 0 Å². The largest absolute Gasteiger partial charge is 0.495 e. The Hall–Kier alpha value is -1.75. The number of anilines is 1. The lowest BCUT2D eigenvalue weighted by Gasteiger charge is -2.36. The minimum absolute atomic E-state index is 0.126. The fraction of sp³-hybridized carbons (Fsp3) is 0.588. The molecule has 0 radical (unpaired) electrons. The van der Waals surface area contributed by atoms with E-state index in [1.54, 1.807) is 7.11 Å². The number of hydrogen-bond acceptors (Lipinski definition) is 4. The van der Waals surface area contributed by atoms with Gasteiger partial charge in [-0.1, -0.05) is 12.1 Å². The molecule has 0 N–H and O–H groups in total. The molecule has 0 aliphatic carbocycles. The van der Waals surface area contributed by atoms with Gasteiger partial charge >= 0.3 is 0 Å². The van der Waals surface area contributed by atoms with Crippen molar-refractivity contribution in [3.8, 4) is 5.75 Å². The molecule has 1 aromatic rings. The third-order valence-electron chi connectivity index (χ3n) is 4.41. The zero-order valence-electron chi connectivity index (χ0n) is 13.4. The van der Waals surface area contributed by atoms with Crippen LogP contribution in [0.3, 0.4) is 0 Å². The molecule has 0 spiro atoms. The van der Waals surface area contributed by atoms with Gasteiger partial charge in [0.25, 0.3) is 0 Å². The number of ether oxygens (including phenoxy) is 2. The number of amides is 1. The number of nitrogens with zero attached hydrogens (tertiary/aromatic N) is 2. The second-order valence-electron chi connectivity index (χ2n) is 6.01. The van der Waals surface area contributed by atoms with E-state index < -0.39 is 0 Å². The van der Waals surface area contributed by atoms with E-state index in [-0.39, 0.29) is 12.0 Å². The van der Waals surface area contributed by atoms with E-state index in [9.17, 15) is 4.79 Å². The number of rotatable bonds is 3. The summed E-state index contributed by atoms with van der Waals surface area (Å²) in [7, 11) is 1.69. The molecular formula is C17H24N2O3. The van der Waals surface area contributed by atoms with Gasteiger partial charge in [0.05, 0.1) is 32.1 Å². The molecule has 1 atom stereocenters. The highest BCUT2D eigenvalue weighted by Crippen LogP contribution is 2.35. The summed E-state index contributed by atoms with van der Waals surface area (Å²) in [6.45, 7) is 5.34. The van der Waals surface area contributed by atoms with Crippen molar-refractivity contribution in [2.45, 2.75) is 25.9 Å². The maximum atomic E-state index is 12.6. The molecule has 1 aromatic carbocycles. The molecule has 5 nitrogen and oxygen atoms in total. The summed E-state index contributed by atoms with van der Waals surface area (Å²) in [5, 5.41) is 0. The van der Waals surface area contributed by atoms with Gasteiger partial charge in [0.2, 0.25) is 5.91 Å². The summed E-state index contributed by atoms with van der Waals surface area (Å²) < 4.78 is 11.0. The highest BCUT2D eigenvalue weighted by molar-refractivity contribution is 5.83. The number of hydrogen-bond donors (Lipinski definition) is 0. The van der Waals surface area contributed by atoms with E-state index in [4.69, 9.17) is 9.47 Å². The van der Waals surface area contributed by atoms with E-state index in [0.29, 0.717) is 26.2 Å². The molecule has 0 unspecified atom stereocenters. The van der Waals surface area contributed by atoms with Crippen LogP contribution in [0.5, 0.6) is 5.75 Å². The summed E-state index contributed by atoms with van der Waals surface area (Å²) in [4.78, 5) is 16.7. The molecule has 2 aliphatic heterocycles. The van der Waals surface area contributed by atoms with Crippen molar-refractivity contribution in [3.05, 3.63) is 23.8 Å². The van der Waals surface area contributed by atoms with E-state index in [1.165, 1.54) is 5.56 Å². The molecule has 2 heterocycles. The molecule has 2 aliphatic rings. The first kappa shape index (κ1) is 15.2. The van der Waals surface area contributed by atoms with Crippen LogP contribution in [-0.2, 0) is 16.0 Å².